The van der Waals surface area contributed by atoms with E-state index in [1.165, 1.54) is 17.7 Å². The molecule has 0 saturated carbocycles. The highest BCUT2D eigenvalue weighted by atomic mass is 79.9. The van der Waals surface area contributed by atoms with Gasteiger partial charge in [-0.15, -0.1) is 0 Å². The second-order valence-corrected chi connectivity index (χ2v) is 10.5. The summed E-state index contributed by atoms with van der Waals surface area (Å²) in [5.41, 5.74) is 2.11. The summed E-state index contributed by atoms with van der Waals surface area (Å²) in [5.74, 6) is -1.78. The van der Waals surface area contributed by atoms with Gasteiger partial charge in [-0.2, -0.15) is 5.10 Å². The molecule has 3 aromatic heterocycles. The Hall–Kier alpha value is -4.59. The predicted octanol–water partition coefficient (Wildman–Crippen LogP) is 3.28. The van der Waals surface area contributed by atoms with E-state index in [-0.39, 0.29) is 17.3 Å². The van der Waals surface area contributed by atoms with Gasteiger partial charge in [0.15, 0.2) is 24.1 Å². The van der Waals surface area contributed by atoms with E-state index < -0.39 is 49.2 Å². The number of amides is 2. The maximum atomic E-state index is 15.2. The van der Waals surface area contributed by atoms with Crippen molar-refractivity contribution >= 4 is 56.2 Å². The minimum absolute atomic E-state index is 0.144. The Labute approximate surface area is 247 Å². The molecule has 3 atom stereocenters. The number of carbonyl (C=O) groups is 4. The summed E-state index contributed by atoms with van der Waals surface area (Å²) in [7, 11) is 0. The maximum Gasteiger partial charge on any atom is 0.303 e. The molecular formula is C28H25BrFN7O5. The first-order valence-electron chi connectivity index (χ1n) is 12.9. The Kier molecular flexibility index (Phi) is 8.07. The predicted molar refractivity (Wildman–Crippen MR) is 152 cm³/mol. The number of carbonyl (C=O) groups excluding carboxylic acids is 4. The number of alkyl halides is 1. The molecule has 1 aliphatic rings. The number of hydrogen-bond acceptors (Lipinski definition) is 9. The molecule has 216 valence electrons. The largest absolute Gasteiger partial charge is 0.457 e. The SMILES string of the molecule is CC(=O)O[C@H]1[C@@H](C(=O)Nc2cccc(Br)n2)N(C(=O)Cn2nc(C(C)=O)c3cc(-c4cnc(C)nc4)ccc32)C[C@@H]1F. The number of aryl methyl sites for hydroxylation is 1. The quantitative estimate of drug-likeness (QED) is 0.183. The Morgan fingerprint density at radius 3 is 2.50 bits per heavy atom. The third kappa shape index (κ3) is 5.88. The molecule has 1 aliphatic heterocycles. The lowest BCUT2D eigenvalue weighted by Gasteiger charge is -2.26. The van der Waals surface area contributed by atoms with Crippen LogP contribution < -0.4 is 5.32 Å². The molecule has 0 bridgehead atoms. The van der Waals surface area contributed by atoms with Gasteiger partial charge in [-0.3, -0.25) is 23.9 Å². The highest BCUT2D eigenvalue weighted by Gasteiger charge is 2.50. The van der Waals surface area contributed by atoms with Gasteiger partial charge < -0.3 is 15.0 Å². The minimum atomic E-state index is -1.81. The molecular weight excluding hydrogens is 613 g/mol. The van der Waals surface area contributed by atoms with Gasteiger partial charge >= 0.3 is 5.97 Å². The number of anilines is 1. The molecule has 1 aromatic carbocycles. The molecule has 4 aromatic rings. The second-order valence-electron chi connectivity index (χ2n) is 9.73. The molecule has 14 heteroatoms. The van der Waals surface area contributed by atoms with Gasteiger partial charge in [0.2, 0.25) is 5.91 Å². The standard InChI is InChI=1S/C28H25BrFN7O5/c1-14(38)25-19-9-17(18-10-31-15(2)32-11-18)7-8-21(19)37(35-25)13-24(40)36-12-20(30)27(42-16(3)39)26(36)28(41)34-23-6-4-5-22(29)33-23/h4-11,20,26-27H,12-13H2,1-3H3,(H,33,34,41)/t20-,26-,27+/m0/s1. The van der Waals surface area contributed by atoms with Crippen LogP contribution in [0.15, 0.2) is 53.4 Å². The van der Waals surface area contributed by atoms with Gasteiger partial charge in [-0.1, -0.05) is 12.1 Å². The first-order chi connectivity index (χ1) is 20.0. The summed E-state index contributed by atoms with van der Waals surface area (Å²) >= 11 is 3.22. The van der Waals surface area contributed by atoms with Crippen molar-refractivity contribution in [2.75, 3.05) is 11.9 Å². The average molecular weight is 638 g/mol. The monoisotopic (exact) mass is 637 g/mol. The Balaban J connectivity index is 1.46. The average Bonchev–Trinajstić information content (AvgIpc) is 3.46. The van der Waals surface area contributed by atoms with Crippen molar-refractivity contribution in [1.82, 2.24) is 29.6 Å². The summed E-state index contributed by atoms with van der Waals surface area (Å²) in [6, 6.07) is 8.60. The number of esters is 1. The van der Waals surface area contributed by atoms with E-state index in [4.69, 9.17) is 4.74 Å². The van der Waals surface area contributed by atoms with Crippen LogP contribution in [0.2, 0.25) is 0 Å². The highest BCUT2D eigenvalue weighted by Crippen LogP contribution is 2.29. The van der Waals surface area contributed by atoms with Gasteiger partial charge in [0.05, 0.1) is 12.1 Å². The van der Waals surface area contributed by atoms with Crippen molar-refractivity contribution in [3.8, 4) is 11.1 Å². The third-order valence-electron chi connectivity index (χ3n) is 6.72. The zero-order chi connectivity index (χ0) is 30.1. The third-order valence-corrected chi connectivity index (χ3v) is 7.16. The molecule has 2 amide bonds. The molecule has 1 saturated heterocycles. The van der Waals surface area contributed by atoms with E-state index in [0.29, 0.717) is 21.3 Å². The van der Waals surface area contributed by atoms with E-state index in [9.17, 15) is 19.2 Å². The smallest absolute Gasteiger partial charge is 0.303 e. The molecule has 0 aliphatic carbocycles. The summed E-state index contributed by atoms with van der Waals surface area (Å²) < 4.78 is 22.1. The molecule has 42 heavy (non-hydrogen) atoms. The summed E-state index contributed by atoms with van der Waals surface area (Å²) in [4.78, 5) is 64.8. The van der Waals surface area contributed by atoms with Gasteiger partial charge in [-0.25, -0.2) is 19.3 Å². The van der Waals surface area contributed by atoms with Crippen LogP contribution in [0.1, 0.15) is 30.2 Å². The number of likely N-dealkylation sites (tertiary alicyclic amines) is 1. The molecule has 0 spiro atoms. The lowest BCUT2D eigenvalue weighted by Crippen LogP contribution is -2.50. The summed E-state index contributed by atoms with van der Waals surface area (Å²) in [5, 5.41) is 7.44. The molecule has 1 N–H and O–H groups in total. The fourth-order valence-electron chi connectivity index (χ4n) is 4.84. The summed E-state index contributed by atoms with van der Waals surface area (Å²) in [6.45, 7) is 3.34. The van der Waals surface area contributed by atoms with E-state index in [2.05, 4.69) is 41.3 Å². The second kappa shape index (κ2) is 11.7. The van der Waals surface area contributed by atoms with Crippen LogP contribution in [-0.2, 0) is 25.7 Å². The van der Waals surface area contributed by atoms with Crippen LogP contribution in [-0.4, -0.2) is 78.1 Å². The molecule has 0 radical (unpaired) electrons. The zero-order valence-corrected chi connectivity index (χ0v) is 24.3. The number of fused-ring (bicyclic) bond motifs is 1. The lowest BCUT2D eigenvalue weighted by molar-refractivity contribution is -0.153. The highest BCUT2D eigenvalue weighted by molar-refractivity contribution is 9.10. The first-order valence-corrected chi connectivity index (χ1v) is 13.7. The number of nitrogens with zero attached hydrogens (tertiary/aromatic N) is 6. The Morgan fingerprint density at radius 2 is 1.83 bits per heavy atom. The lowest BCUT2D eigenvalue weighted by atomic mass is 10.0. The summed E-state index contributed by atoms with van der Waals surface area (Å²) in [6.07, 6.45) is -0.00871. The van der Waals surface area contributed by atoms with E-state index in [0.717, 1.165) is 23.0 Å². The van der Waals surface area contributed by atoms with Crippen LogP contribution in [0, 0.1) is 6.92 Å². The van der Waals surface area contributed by atoms with Gasteiger partial charge in [0.1, 0.15) is 28.5 Å². The normalized spacial score (nSPS) is 18.2. The molecule has 5 rings (SSSR count). The van der Waals surface area contributed by atoms with E-state index in [1.807, 2.05) is 0 Å². The molecule has 4 heterocycles. The number of benzene rings is 1. The molecule has 0 unspecified atom stereocenters. The number of hydrogen-bond donors (Lipinski definition) is 1. The fraction of sp³-hybridized carbons (Fsp3) is 0.286. The van der Waals surface area contributed by atoms with E-state index >= 15 is 4.39 Å². The maximum absolute atomic E-state index is 15.2. The molecule has 12 nitrogen and oxygen atoms in total. The topological polar surface area (TPSA) is 149 Å². The fourth-order valence-corrected chi connectivity index (χ4v) is 5.18. The van der Waals surface area contributed by atoms with Crippen LogP contribution in [0.25, 0.3) is 22.0 Å². The number of ketones is 1. The number of aromatic nitrogens is 5. The van der Waals surface area contributed by atoms with Crippen molar-refractivity contribution in [2.45, 2.75) is 45.6 Å². The Morgan fingerprint density at radius 1 is 1.10 bits per heavy atom. The van der Waals surface area contributed by atoms with Gasteiger partial charge in [0.25, 0.3) is 5.91 Å². The number of nitrogens with one attached hydrogen (secondary N) is 1. The van der Waals surface area contributed by atoms with Gasteiger partial charge in [-0.05, 0) is 52.7 Å². The van der Waals surface area contributed by atoms with Gasteiger partial charge in [0, 0.05) is 37.2 Å². The van der Waals surface area contributed by atoms with Crippen molar-refractivity contribution in [3.63, 3.8) is 0 Å². The number of rotatable bonds is 7. The van der Waals surface area contributed by atoms with Crippen molar-refractivity contribution in [3.05, 3.63) is 64.9 Å². The van der Waals surface area contributed by atoms with Crippen molar-refractivity contribution in [1.29, 1.82) is 0 Å². The Bertz CT molecular complexity index is 1710. The van der Waals surface area contributed by atoms with Crippen molar-refractivity contribution < 1.29 is 28.3 Å². The van der Waals surface area contributed by atoms with E-state index in [1.54, 1.807) is 49.6 Å². The first kappa shape index (κ1) is 28.9. The number of halogens is 2. The van der Waals surface area contributed by atoms with Crippen LogP contribution >= 0.6 is 15.9 Å². The van der Waals surface area contributed by atoms with Crippen LogP contribution in [0.3, 0.4) is 0 Å². The van der Waals surface area contributed by atoms with Crippen LogP contribution in [0.4, 0.5) is 10.2 Å². The number of Topliss-reactive ketones (excluding diaryl/α,β-unsaturated/α-hetero) is 1. The van der Waals surface area contributed by atoms with Crippen molar-refractivity contribution in [2.24, 2.45) is 0 Å². The molecule has 1 fully saturated rings. The number of ether oxygens (including phenoxy) is 1. The van der Waals surface area contributed by atoms with Crippen LogP contribution in [0.5, 0.6) is 0 Å². The minimum Gasteiger partial charge on any atom is -0.457 e. The number of pyridine rings is 1. The zero-order valence-electron chi connectivity index (χ0n) is 22.7.